The molecule has 0 saturated carbocycles. The fourth-order valence-corrected chi connectivity index (χ4v) is 3.66. The molecule has 1 heterocycles. The molecule has 0 aliphatic carbocycles. The molecule has 0 fully saturated rings. The van der Waals surface area contributed by atoms with Gasteiger partial charge in [0, 0.05) is 11.1 Å². The highest BCUT2D eigenvalue weighted by Crippen LogP contribution is 2.30. The van der Waals surface area contributed by atoms with Crippen LogP contribution in [0.1, 0.15) is 38.8 Å². The summed E-state index contributed by atoms with van der Waals surface area (Å²) < 4.78 is 0. The second-order valence-electron chi connectivity index (χ2n) is 8.45. The maximum Gasteiger partial charge on any atom is 0.0973 e. The fraction of sp³-hybridized carbons (Fsp3) is 0.158. The van der Waals surface area contributed by atoms with Crippen LogP contribution in [0.25, 0.3) is 33.5 Å². The third kappa shape index (κ3) is 10.3. The number of aryl methyl sites for hydroxylation is 2. The normalized spacial score (nSPS) is 9.25. The van der Waals surface area contributed by atoms with E-state index in [9.17, 15) is 0 Å². The SMILES string of the molecule is CC.CC.Cc1ccccc1.Cc1ccccc1.c1ccc(-c2nc3ccccc3nc2-c2ccccc2)cc1. The lowest BCUT2D eigenvalue weighted by atomic mass is 10.0. The number of para-hydroxylation sites is 2. The minimum Gasteiger partial charge on any atom is -0.244 e. The van der Waals surface area contributed by atoms with E-state index in [0.29, 0.717) is 0 Å². The smallest absolute Gasteiger partial charge is 0.0973 e. The van der Waals surface area contributed by atoms with Crippen molar-refractivity contribution in [1.82, 2.24) is 9.97 Å². The molecule has 0 aliphatic rings. The van der Waals surface area contributed by atoms with Gasteiger partial charge in [-0.2, -0.15) is 0 Å². The molecule has 0 aliphatic heterocycles. The highest BCUT2D eigenvalue weighted by molar-refractivity contribution is 5.86. The van der Waals surface area contributed by atoms with Crippen molar-refractivity contribution in [1.29, 1.82) is 0 Å². The molecule has 0 atom stereocenters. The van der Waals surface area contributed by atoms with Crippen molar-refractivity contribution < 1.29 is 0 Å². The Bertz CT molecular complexity index is 1350. The van der Waals surface area contributed by atoms with E-state index >= 15 is 0 Å². The number of fused-ring (bicyclic) bond motifs is 1. The van der Waals surface area contributed by atoms with E-state index in [-0.39, 0.29) is 0 Å². The number of benzene rings is 5. The van der Waals surface area contributed by atoms with Crippen LogP contribution in [0, 0.1) is 13.8 Å². The van der Waals surface area contributed by atoms with Crippen molar-refractivity contribution in [3.05, 3.63) is 157 Å². The van der Waals surface area contributed by atoms with E-state index in [2.05, 4.69) is 62.4 Å². The van der Waals surface area contributed by atoms with Crippen molar-refractivity contribution in [2.75, 3.05) is 0 Å². The Morgan fingerprint density at radius 1 is 0.325 bits per heavy atom. The number of hydrogen-bond donors (Lipinski definition) is 0. The summed E-state index contributed by atoms with van der Waals surface area (Å²) in [5.41, 5.74) is 8.49. The van der Waals surface area contributed by atoms with Gasteiger partial charge < -0.3 is 0 Å². The quantitative estimate of drug-likeness (QED) is 0.224. The first kappa shape index (κ1) is 31.7. The van der Waals surface area contributed by atoms with Crippen molar-refractivity contribution >= 4 is 11.0 Å². The zero-order chi connectivity index (χ0) is 29.0. The molecule has 0 spiro atoms. The van der Waals surface area contributed by atoms with Crippen molar-refractivity contribution in [3.8, 4) is 22.5 Å². The average Bonchev–Trinajstić information content (AvgIpc) is 3.04. The average molecular weight is 527 g/mol. The van der Waals surface area contributed by atoms with E-state index in [1.165, 1.54) is 11.1 Å². The summed E-state index contributed by atoms with van der Waals surface area (Å²) in [5, 5.41) is 0. The van der Waals surface area contributed by atoms with E-state index in [1.54, 1.807) is 0 Å². The van der Waals surface area contributed by atoms with Gasteiger partial charge in [0.2, 0.25) is 0 Å². The maximum atomic E-state index is 4.86. The Morgan fingerprint density at radius 2 is 0.575 bits per heavy atom. The second kappa shape index (κ2) is 18.7. The molecule has 40 heavy (non-hydrogen) atoms. The Balaban J connectivity index is 0.000000255. The first-order valence-corrected chi connectivity index (χ1v) is 14.1. The molecule has 0 N–H and O–H groups in total. The standard InChI is InChI=1S/C20H14N2.2C7H8.2C2H6/c1-3-9-15(10-4-1)19-20(16-11-5-2-6-12-16)22-18-14-8-7-13-17(18)21-19;2*1-7-5-3-2-4-6-7;2*1-2/h1-14H;2*2-6H,1H3;2*1-2H3. The van der Waals surface area contributed by atoms with Crippen molar-refractivity contribution in [3.63, 3.8) is 0 Å². The molecule has 1 aromatic heterocycles. The summed E-state index contributed by atoms with van der Waals surface area (Å²) in [6.07, 6.45) is 0. The third-order valence-electron chi connectivity index (χ3n) is 5.55. The summed E-state index contributed by atoms with van der Waals surface area (Å²) >= 11 is 0. The Hall–Kier alpha value is -4.56. The van der Waals surface area contributed by atoms with E-state index in [1.807, 2.05) is 125 Å². The van der Waals surface area contributed by atoms with Gasteiger partial charge >= 0.3 is 0 Å². The van der Waals surface area contributed by atoms with Gasteiger partial charge in [-0.1, -0.05) is 172 Å². The summed E-state index contributed by atoms with van der Waals surface area (Å²) in [4.78, 5) is 9.72. The van der Waals surface area contributed by atoms with Gasteiger partial charge in [0.15, 0.2) is 0 Å². The lowest BCUT2D eigenvalue weighted by Crippen LogP contribution is -1.95. The molecule has 6 rings (SSSR count). The van der Waals surface area contributed by atoms with Crippen LogP contribution in [0.5, 0.6) is 0 Å². The lowest BCUT2D eigenvalue weighted by molar-refractivity contribution is 1.29. The Morgan fingerprint density at radius 3 is 0.825 bits per heavy atom. The molecule has 0 amide bonds. The van der Waals surface area contributed by atoms with Gasteiger partial charge in [-0.05, 0) is 26.0 Å². The van der Waals surface area contributed by atoms with Gasteiger partial charge in [0.25, 0.3) is 0 Å². The largest absolute Gasteiger partial charge is 0.244 e. The molecule has 2 heteroatoms. The summed E-state index contributed by atoms with van der Waals surface area (Å²) in [5.74, 6) is 0. The van der Waals surface area contributed by atoms with Gasteiger partial charge in [-0.3, -0.25) is 0 Å². The zero-order valence-electron chi connectivity index (χ0n) is 24.8. The molecular weight excluding hydrogens is 484 g/mol. The van der Waals surface area contributed by atoms with Gasteiger partial charge in [-0.15, -0.1) is 0 Å². The highest BCUT2D eigenvalue weighted by Gasteiger charge is 2.12. The second-order valence-corrected chi connectivity index (χ2v) is 8.45. The van der Waals surface area contributed by atoms with E-state index in [0.717, 1.165) is 33.5 Å². The topological polar surface area (TPSA) is 25.8 Å². The summed E-state index contributed by atoms with van der Waals surface area (Å²) in [6.45, 7) is 12.2. The minimum atomic E-state index is 0.918. The zero-order valence-corrected chi connectivity index (χ0v) is 24.8. The van der Waals surface area contributed by atoms with Gasteiger partial charge in [0.05, 0.1) is 22.4 Å². The van der Waals surface area contributed by atoms with Crippen molar-refractivity contribution in [2.24, 2.45) is 0 Å². The van der Waals surface area contributed by atoms with Crippen LogP contribution in [-0.2, 0) is 0 Å². The summed E-state index contributed by atoms with van der Waals surface area (Å²) in [6, 6.07) is 49.0. The van der Waals surface area contributed by atoms with E-state index in [4.69, 9.17) is 9.97 Å². The van der Waals surface area contributed by atoms with E-state index < -0.39 is 0 Å². The molecule has 5 aromatic carbocycles. The molecular formula is C38H42N2. The fourth-order valence-electron chi connectivity index (χ4n) is 3.66. The predicted molar refractivity (Wildman–Crippen MR) is 175 cm³/mol. The monoisotopic (exact) mass is 526 g/mol. The van der Waals surface area contributed by atoms with Crippen LogP contribution in [0.2, 0.25) is 0 Å². The highest BCUT2D eigenvalue weighted by atomic mass is 14.8. The number of nitrogens with zero attached hydrogens (tertiary/aromatic N) is 2. The number of aromatic nitrogens is 2. The van der Waals surface area contributed by atoms with Crippen LogP contribution < -0.4 is 0 Å². The minimum absolute atomic E-state index is 0.918. The van der Waals surface area contributed by atoms with Crippen LogP contribution >= 0.6 is 0 Å². The molecule has 0 unspecified atom stereocenters. The lowest BCUT2D eigenvalue weighted by Gasteiger charge is -2.10. The van der Waals surface area contributed by atoms with Crippen molar-refractivity contribution in [2.45, 2.75) is 41.5 Å². The first-order chi connectivity index (χ1) is 19.7. The Kier molecular flexibility index (Phi) is 14.8. The maximum absolute atomic E-state index is 4.86. The van der Waals surface area contributed by atoms with Crippen LogP contribution in [0.4, 0.5) is 0 Å². The molecule has 0 saturated heterocycles. The summed E-state index contributed by atoms with van der Waals surface area (Å²) in [7, 11) is 0. The first-order valence-electron chi connectivity index (χ1n) is 14.1. The molecule has 0 bridgehead atoms. The van der Waals surface area contributed by atoms with Gasteiger partial charge in [-0.25, -0.2) is 9.97 Å². The Labute approximate surface area is 241 Å². The third-order valence-corrected chi connectivity index (χ3v) is 5.55. The van der Waals surface area contributed by atoms with Crippen LogP contribution in [0.15, 0.2) is 146 Å². The molecule has 6 aromatic rings. The number of hydrogen-bond acceptors (Lipinski definition) is 2. The molecule has 204 valence electrons. The van der Waals surface area contributed by atoms with Crippen LogP contribution in [-0.4, -0.2) is 9.97 Å². The predicted octanol–water partition coefficient (Wildman–Crippen LogP) is 11.0. The number of rotatable bonds is 2. The molecule has 0 radical (unpaired) electrons. The van der Waals surface area contributed by atoms with Crippen LogP contribution in [0.3, 0.4) is 0 Å². The van der Waals surface area contributed by atoms with Gasteiger partial charge in [0.1, 0.15) is 0 Å². The molecule has 2 nitrogen and oxygen atoms in total.